The van der Waals surface area contributed by atoms with Gasteiger partial charge in [0.05, 0.1) is 11.8 Å². The fraction of sp³-hybridized carbons (Fsp3) is 0.158. The van der Waals surface area contributed by atoms with Gasteiger partial charge in [-0.05, 0) is 30.7 Å². The largest absolute Gasteiger partial charge is 0.290 e. The number of rotatable bonds is 4. The summed E-state index contributed by atoms with van der Waals surface area (Å²) in [5, 5.41) is 5.46. The molecule has 0 aliphatic heterocycles. The first-order valence-electron chi connectivity index (χ1n) is 8.33. The van der Waals surface area contributed by atoms with E-state index in [9.17, 15) is 14.4 Å². The van der Waals surface area contributed by atoms with E-state index in [1.54, 1.807) is 55.5 Å². The molecule has 27 heavy (non-hydrogen) atoms. The van der Waals surface area contributed by atoms with Crippen molar-refractivity contribution in [1.82, 2.24) is 20.6 Å². The van der Waals surface area contributed by atoms with E-state index in [2.05, 4.69) is 16.0 Å². The highest BCUT2D eigenvalue weighted by Gasteiger charge is 2.16. The smallest absolute Gasteiger partial charge is 0.273 e. The van der Waals surface area contributed by atoms with Crippen molar-refractivity contribution in [2.75, 3.05) is 0 Å². The first-order valence-corrected chi connectivity index (χ1v) is 8.71. The average Bonchev–Trinajstić information content (AvgIpc) is 2.67. The van der Waals surface area contributed by atoms with E-state index < -0.39 is 11.8 Å². The molecule has 3 rings (SSSR count). The van der Waals surface area contributed by atoms with Gasteiger partial charge in [0.15, 0.2) is 5.69 Å². The van der Waals surface area contributed by atoms with Crippen LogP contribution in [0.5, 0.6) is 0 Å². The van der Waals surface area contributed by atoms with Gasteiger partial charge in [-0.25, -0.2) is 4.68 Å². The predicted molar refractivity (Wildman–Crippen MR) is 102 cm³/mol. The van der Waals surface area contributed by atoms with Gasteiger partial charge in [0.2, 0.25) is 5.91 Å². The number of amides is 2. The second-order valence-corrected chi connectivity index (χ2v) is 6.26. The van der Waals surface area contributed by atoms with Gasteiger partial charge in [-0.3, -0.25) is 25.2 Å². The molecule has 0 atom stereocenters. The lowest BCUT2D eigenvalue weighted by molar-refractivity contribution is -0.121. The Morgan fingerprint density at radius 1 is 1.07 bits per heavy atom. The molecule has 7 nitrogen and oxygen atoms in total. The van der Waals surface area contributed by atoms with Crippen molar-refractivity contribution in [3.63, 3.8) is 0 Å². The lowest BCUT2D eigenvalue weighted by Crippen LogP contribution is -2.43. The van der Waals surface area contributed by atoms with Crippen molar-refractivity contribution in [1.29, 1.82) is 0 Å². The van der Waals surface area contributed by atoms with Gasteiger partial charge >= 0.3 is 0 Å². The van der Waals surface area contributed by atoms with Crippen LogP contribution in [-0.2, 0) is 17.8 Å². The summed E-state index contributed by atoms with van der Waals surface area (Å²) in [4.78, 5) is 36.9. The molecule has 3 aromatic rings. The number of fused-ring (bicyclic) bond motifs is 1. The van der Waals surface area contributed by atoms with Crippen LogP contribution in [0.1, 0.15) is 23.0 Å². The highest BCUT2D eigenvalue weighted by atomic mass is 35.5. The molecule has 0 fully saturated rings. The van der Waals surface area contributed by atoms with Crippen LogP contribution in [0.2, 0.25) is 5.02 Å². The molecule has 0 radical (unpaired) electrons. The summed E-state index contributed by atoms with van der Waals surface area (Å²) < 4.78 is 1.21. The zero-order valence-corrected chi connectivity index (χ0v) is 15.3. The zero-order valence-electron chi connectivity index (χ0n) is 14.5. The van der Waals surface area contributed by atoms with Crippen molar-refractivity contribution < 1.29 is 9.59 Å². The summed E-state index contributed by atoms with van der Waals surface area (Å²) in [6, 6.07) is 13.6. The molecule has 0 spiro atoms. The number of aryl methyl sites for hydroxylation is 1. The number of hydrazine groups is 1. The van der Waals surface area contributed by atoms with Crippen LogP contribution in [0.15, 0.2) is 53.3 Å². The molecule has 8 heteroatoms. The first kappa shape index (κ1) is 18.6. The third-order valence-electron chi connectivity index (χ3n) is 3.95. The van der Waals surface area contributed by atoms with Crippen molar-refractivity contribution in [2.24, 2.45) is 0 Å². The summed E-state index contributed by atoms with van der Waals surface area (Å²) >= 11 is 5.90. The number of carbonyl (C=O) groups is 2. The molecular formula is C19H17ClN4O3. The molecule has 1 heterocycles. The second kappa shape index (κ2) is 8.01. The number of benzene rings is 2. The van der Waals surface area contributed by atoms with Crippen LogP contribution in [0.25, 0.3) is 10.8 Å². The van der Waals surface area contributed by atoms with Crippen LogP contribution in [-0.4, -0.2) is 21.6 Å². The normalized spacial score (nSPS) is 10.6. The van der Waals surface area contributed by atoms with E-state index >= 15 is 0 Å². The van der Waals surface area contributed by atoms with Gasteiger partial charge in [0.25, 0.3) is 11.5 Å². The van der Waals surface area contributed by atoms with E-state index in [-0.39, 0.29) is 17.7 Å². The molecule has 0 saturated carbocycles. The van der Waals surface area contributed by atoms with Gasteiger partial charge in [0, 0.05) is 17.0 Å². The van der Waals surface area contributed by atoms with Crippen molar-refractivity contribution in [3.8, 4) is 0 Å². The molecule has 2 aromatic carbocycles. The Balaban J connectivity index is 1.77. The summed E-state index contributed by atoms with van der Waals surface area (Å²) in [5.74, 6) is -1.01. The maximum absolute atomic E-state index is 12.5. The monoisotopic (exact) mass is 384 g/mol. The van der Waals surface area contributed by atoms with Crippen molar-refractivity contribution >= 4 is 34.2 Å². The van der Waals surface area contributed by atoms with Gasteiger partial charge in [-0.15, -0.1) is 0 Å². The van der Waals surface area contributed by atoms with Crippen molar-refractivity contribution in [2.45, 2.75) is 19.9 Å². The van der Waals surface area contributed by atoms with E-state index in [1.165, 1.54) is 4.68 Å². The van der Waals surface area contributed by atoms with Crippen LogP contribution in [0.3, 0.4) is 0 Å². The Bertz CT molecular complexity index is 1080. The highest BCUT2D eigenvalue weighted by molar-refractivity contribution is 6.30. The van der Waals surface area contributed by atoms with E-state index in [0.717, 1.165) is 5.56 Å². The summed E-state index contributed by atoms with van der Waals surface area (Å²) in [5.41, 5.74) is 5.22. The third-order valence-corrected chi connectivity index (χ3v) is 4.19. The molecule has 0 saturated heterocycles. The molecule has 138 valence electrons. The predicted octanol–water partition coefficient (Wildman–Crippen LogP) is 2.07. The van der Waals surface area contributed by atoms with Gasteiger partial charge in [-0.2, -0.15) is 5.10 Å². The van der Waals surface area contributed by atoms with Crippen molar-refractivity contribution in [3.05, 3.63) is 75.2 Å². The number of halogens is 1. The number of carbonyl (C=O) groups excluding carboxylic acids is 2. The minimum absolute atomic E-state index is 0.0590. The fourth-order valence-electron chi connectivity index (χ4n) is 2.68. The second-order valence-electron chi connectivity index (χ2n) is 5.82. The molecule has 0 aliphatic rings. The fourth-order valence-corrected chi connectivity index (χ4v) is 2.89. The summed E-state index contributed by atoms with van der Waals surface area (Å²) in [7, 11) is 0. The molecule has 1 aromatic heterocycles. The Hall–Kier alpha value is -3.19. The molecule has 0 bridgehead atoms. The van der Waals surface area contributed by atoms with Gasteiger partial charge < -0.3 is 0 Å². The number of nitrogens with one attached hydrogen (secondary N) is 2. The van der Waals surface area contributed by atoms with Gasteiger partial charge in [0.1, 0.15) is 0 Å². The Morgan fingerprint density at radius 3 is 2.52 bits per heavy atom. The lowest BCUT2D eigenvalue weighted by Gasteiger charge is -2.11. The van der Waals surface area contributed by atoms with E-state index in [4.69, 9.17) is 11.6 Å². The Kier molecular flexibility index (Phi) is 5.52. The molecule has 2 amide bonds. The summed E-state index contributed by atoms with van der Waals surface area (Å²) in [6.45, 7) is 2.09. The maximum atomic E-state index is 12.5. The zero-order chi connectivity index (χ0) is 19.4. The average molecular weight is 385 g/mol. The maximum Gasteiger partial charge on any atom is 0.290 e. The number of hydrogen-bond acceptors (Lipinski definition) is 4. The molecular weight excluding hydrogens is 368 g/mol. The first-order chi connectivity index (χ1) is 13.0. The van der Waals surface area contributed by atoms with E-state index in [0.29, 0.717) is 22.3 Å². The van der Waals surface area contributed by atoms with Crippen LogP contribution in [0.4, 0.5) is 0 Å². The topological polar surface area (TPSA) is 93.1 Å². The number of aromatic nitrogens is 2. The van der Waals surface area contributed by atoms with Crippen LogP contribution in [0, 0.1) is 0 Å². The Morgan fingerprint density at radius 2 is 1.81 bits per heavy atom. The lowest BCUT2D eigenvalue weighted by atomic mass is 10.1. The number of hydrogen-bond donors (Lipinski definition) is 2. The molecule has 0 aliphatic carbocycles. The van der Waals surface area contributed by atoms with E-state index in [1.807, 2.05) is 0 Å². The minimum atomic E-state index is -0.604. The standard InChI is InChI=1S/C19H17ClN4O3/c1-2-24-19(27)15-9-4-3-8-14(15)17(23-24)18(26)22-21-16(25)11-12-6-5-7-13(20)10-12/h3-10H,2,11H2,1H3,(H,21,25)(H,22,26). The van der Waals surface area contributed by atoms with Crippen LogP contribution < -0.4 is 16.4 Å². The molecule has 0 unspecified atom stereocenters. The summed E-state index contributed by atoms with van der Waals surface area (Å²) in [6.07, 6.45) is 0.0590. The van der Waals surface area contributed by atoms with Crippen LogP contribution >= 0.6 is 11.6 Å². The Labute approximate surface area is 159 Å². The third kappa shape index (κ3) is 4.15. The highest BCUT2D eigenvalue weighted by Crippen LogP contribution is 2.13. The minimum Gasteiger partial charge on any atom is -0.273 e. The SMILES string of the molecule is CCn1nc(C(=O)NNC(=O)Cc2cccc(Cl)c2)c2ccccc2c1=O. The quantitative estimate of drug-likeness (QED) is 0.673. The van der Waals surface area contributed by atoms with Gasteiger partial charge in [-0.1, -0.05) is 41.9 Å². The number of nitrogens with zero attached hydrogens (tertiary/aromatic N) is 2. The molecule has 2 N–H and O–H groups in total.